The number of nitrogens with zero attached hydrogens (tertiary/aromatic N) is 2. The lowest BCUT2D eigenvalue weighted by atomic mass is 10.2. The second-order valence-corrected chi connectivity index (χ2v) is 6.70. The molecule has 2 aromatic carbocycles. The molecule has 0 fully saturated rings. The molecule has 1 atom stereocenters. The number of hydrogen-bond donors (Lipinski definition) is 2. The number of halogens is 2. The highest BCUT2D eigenvalue weighted by atomic mass is 35.5. The molecular weight excluding hydrogens is 387 g/mol. The van der Waals surface area contributed by atoms with E-state index in [2.05, 4.69) is 10.6 Å². The average Bonchev–Trinajstić information content (AvgIpc) is 2.64. The Labute approximate surface area is 167 Å². The van der Waals surface area contributed by atoms with Gasteiger partial charge in [-0.2, -0.15) is 5.26 Å². The predicted octanol–water partition coefficient (Wildman–Crippen LogP) is 3.76. The molecule has 0 spiro atoms. The van der Waals surface area contributed by atoms with Gasteiger partial charge in [0, 0.05) is 0 Å². The van der Waals surface area contributed by atoms with E-state index in [9.17, 15) is 9.59 Å². The first-order chi connectivity index (χ1) is 12.8. The van der Waals surface area contributed by atoms with Crippen LogP contribution in [0.15, 0.2) is 42.5 Å². The molecule has 0 bridgehead atoms. The minimum atomic E-state index is -0.607. The normalized spacial score (nSPS) is 11.6. The summed E-state index contributed by atoms with van der Waals surface area (Å²) in [6.45, 7) is 1.62. The maximum Gasteiger partial charge on any atom is 0.241 e. The highest BCUT2D eigenvalue weighted by Gasteiger charge is 2.21. The quantitative estimate of drug-likeness (QED) is 0.767. The van der Waals surface area contributed by atoms with Crippen molar-refractivity contribution in [2.45, 2.75) is 13.0 Å². The summed E-state index contributed by atoms with van der Waals surface area (Å²) in [6.07, 6.45) is 0. The van der Waals surface area contributed by atoms with Gasteiger partial charge in [0.1, 0.15) is 6.07 Å². The van der Waals surface area contributed by atoms with Gasteiger partial charge in [0.25, 0.3) is 0 Å². The number of carbonyl (C=O) groups is 2. The Bertz CT molecular complexity index is 875. The summed E-state index contributed by atoms with van der Waals surface area (Å²) < 4.78 is 0. The SMILES string of the molecule is C[C@@H](C(=O)Nc1ccccc1C#N)N(C)CC(=O)Nc1c(Cl)cccc1Cl. The van der Waals surface area contributed by atoms with Gasteiger partial charge in [-0.3, -0.25) is 14.5 Å². The number of amides is 2. The molecule has 0 aliphatic rings. The number of rotatable bonds is 6. The van der Waals surface area contributed by atoms with Gasteiger partial charge in [0.2, 0.25) is 11.8 Å². The van der Waals surface area contributed by atoms with Crippen molar-refractivity contribution in [1.29, 1.82) is 5.26 Å². The summed E-state index contributed by atoms with van der Waals surface area (Å²) in [4.78, 5) is 26.3. The van der Waals surface area contributed by atoms with Gasteiger partial charge < -0.3 is 10.6 Å². The molecule has 0 saturated heterocycles. The average molecular weight is 405 g/mol. The van der Waals surface area contributed by atoms with Crippen LogP contribution in [0.5, 0.6) is 0 Å². The van der Waals surface area contributed by atoms with Crippen molar-refractivity contribution in [2.75, 3.05) is 24.2 Å². The van der Waals surface area contributed by atoms with Crippen LogP contribution in [0.3, 0.4) is 0 Å². The zero-order chi connectivity index (χ0) is 20.0. The topological polar surface area (TPSA) is 85.2 Å². The standard InChI is InChI=1S/C19H18Cl2N4O2/c1-12(19(27)23-16-9-4-3-6-13(16)10-22)25(2)11-17(26)24-18-14(20)7-5-8-15(18)21/h3-9,12H,11H2,1-2H3,(H,23,27)(H,24,26)/t12-/m0/s1. The lowest BCUT2D eigenvalue weighted by Gasteiger charge is -2.23. The molecule has 0 aromatic heterocycles. The highest BCUT2D eigenvalue weighted by molar-refractivity contribution is 6.39. The van der Waals surface area contributed by atoms with Gasteiger partial charge in [0.15, 0.2) is 0 Å². The van der Waals surface area contributed by atoms with Gasteiger partial charge >= 0.3 is 0 Å². The van der Waals surface area contributed by atoms with Crippen LogP contribution < -0.4 is 10.6 Å². The molecule has 0 heterocycles. The van der Waals surface area contributed by atoms with Crippen molar-refractivity contribution in [3.8, 4) is 6.07 Å². The van der Waals surface area contributed by atoms with Gasteiger partial charge in [-0.1, -0.05) is 41.4 Å². The molecule has 6 nitrogen and oxygen atoms in total. The van der Waals surface area contributed by atoms with Crippen LogP contribution in [-0.4, -0.2) is 36.3 Å². The number of hydrogen-bond acceptors (Lipinski definition) is 4. The fourth-order valence-electron chi connectivity index (χ4n) is 2.29. The van der Waals surface area contributed by atoms with E-state index in [1.165, 1.54) is 0 Å². The Hall–Kier alpha value is -2.59. The summed E-state index contributed by atoms with van der Waals surface area (Å²) in [5.41, 5.74) is 1.13. The number of carbonyl (C=O) groups excluding carboxylic acids is 2. The van der Waals surface area contributed by atoms with Crippen LogP contribution in [0.25, 0.3) is 0 Å². The largest absolute Gasteiger partial charge is 0.324 e. The summed E-state index contributed by atoms with van der Waals surface area (Å²) in [5.74, 6) is -0.687. The number of nitrogens with one attached hydrogen (secondary N) is 2. The van der Waals surface area contributed by atoms with E-state index in [-0.39, 0.29) is 18.4 Å². The number of anilines is 2. The number of likely N-dealkylation sites (N-methyl/N-ethyl adjacent to an activating group) is 1. The Morgan fingerprint density at radius 2 is 1.74 bits per heavy atom. The van der Waals surface area contributed by atoms with Crippen molar-refractivity contribution in [3.05, 3.63) is 58.1 Å². The van der Waals surface area contributed by atoms with E-state index in [1.54, 1.807) is 61.3 Å². The Morgan fingerprint density at radius 1 is 1.11 bits per heavy atom. The Kier molecular flexibility index (Phi) is 7.19. The van der Waals surface area contributed by atoms with Crippen LogP contribution in [-0.2, 0) is 9.59 Å². The van der Waals surface area contributed by atoms with E-state index < -0.39 is 6.04 Å². The monoisotopic (exact) mass is 404 g/mol. The second-order valence-electron chi connectivity index (χ2n) is 5.88. The highest BCUT2D eigenvalue weighted by Crippen LogP contribution is 2.29. The van der Waals surface area contributed by atoms with E-state index in [1.807, 2.05) is 6.07 Å². The van der Waals surface area contributed by atoms with Crippen molar-refractivity contribution < 1.29 is 9.59 Å². The lowest BCUT2D eigenvalue weighted by Crippen LogP contribution is -2.43. The minimum Gasteiger partial charge on any atom is -0.324 e. The molecule has 0 unspecified atom stereocenters. The van der Waals surface area contributed by atoms with Crippen LogP contribution in [0.4, 0.5) is 11.4 Å². The third kappa shape index (κ3) is 5.44. The molecule has 0 aliphatic carbocycles. The first-order valence-corrected chi connectivity index (χ1v) is 8.83. The van der Waals surface area contributed by atoms with Crippen molar-refractivity contribution >= 4 is 46.4 Å². The van der Waals surface area contributed by atoms with Gasteiger partial charge in [-0.15, -0.1) is 0 Å². The summed E-state index contributed by atoms with van der Waals surface area (Å²) in [5, 5.41) is 15.1. The van der Waals surface area contributed by atoms with Gasteiger partial charge in [-0.25, -0.2) is 0 Å². The van der Waals surface area contributed by atoms with Crippen molar-refractivity contribution in [3.63, 3.8) is 0 Å². The fourth-order valence-corrected chi connectivity index (χ4v) is 2.78. The Balaban J connectivity index is 1.98. The third-order valence-corrected chi connectivity index (χ3v) is 4.60. The molecule has 140 valence electrons. The van der Waals surface area contributed by atoms with E-state index in [4.69, 9.17) is 28.5 Å². The number of para-hydroxylation sites is 2. The molecule has 0 aliphatic heterocycles. The predicted molar refractivity (Wildman–Crippen MR) is 107 cm³/mol. The van der Waals surface area contributed by atoms with Crippen LogP contribution in [0.2, 0.25) is 10.0 Å². The molecule has 2 N–H and O–H groups in total. The molecule has 2 amide bonds. The van der Waals surface area contributed by atoms with Gasteiger partial charge in [-0.05, 0) is 38.2 Å². The minimum absolute atomic E-state index is 0.0456. The van der Waals surface area contributed by atoms with E-state index in [0.717, 1.165) is 0 Å². The zero-order valence-electron chi connectivity index (χ0n) is 14.8. The first kappa shape index (κ1) is 20.7. The Morgan fingerprint density at radius 3 is 2.37 bits per heavy atom. The number of nitriles is 1. The third-order valence-electron chi connectivity index (χ3n) is 3.97. The summed E-state index contributed by atoms with van der Waals surface area (Å²) in [6, 6.07) is 13.0. The molecule has 0 radical (unpaired) electrons. The van der Waals surface area contributed by atoms with Crippen LogP contribution in [0, 0.1) is 11.3 Å². The maximum absolute atomic E-state index is 12.4. The first-order valence-electron chi connectivity index (χ1n) is 8.07. The molecular formula is C19H18Cl2N4O2. The molecule has 8 heteroatoms. The lowest BCUT2D eigenvalue weighted by molar-refractivity contribution is -0.122. The smallest absolute Gasteiger partial charge is 0.241 e. The fraction of sp³-hybridized carbons (Fsp3) is 0.211. The number of benzene rings is 2. The van der Waals surface area contributed by atoms with Crippen LogP contribution >= 0.6 is 23.2 Å². The second kappa shape index (κ2) is 9.38. The maximum atomic E-state index is 12.4. The zero-order valence-corrected chi connectivity index (χ0v) is 16.3. The van der Waals surface area contributed by atoms with Crippen LogP contribution in [0.1, 0.15) is 12.5 Å². The van der Waals surface area contributed by atoms with Crippen molar-refractivity contribution in [2.24, 2.45) is 0 Å². The summed E-state index contributed by atoms with van der Waals surface area (Å²) in [7, 11) is 1.65. The van der Waals surface area contributed by atoms with Crippen molar-refractivity contribution in [1.82, 2.24) is 4.90 Å². The van der Waals surface area contributed by atoms with Gasteiger partial charge in [0.05, 0.1) is 39.6 Å². The van der Waals surface area contributed by atoms with E-state index in [0.29, 0.717) is 27.0 Å². The molecule has 27 heavy (non-hydrogen) atoms. The molecule has 2 aromatic rings. The molecule has 2 rings (SSSR count). The van der Waals surface area contributed by atoms with E-state index >= 15 is 0 Å². The molecule has 0 saturated carbocycles. The summed E-state index contributed by atoms with van der Waals surface area (Å²) >= 11 is 12.1.